The van der Waals surface area contributed by atoms with Gasteiger partial charge in [-0.15, -0.1) is 0 Å². The summed E-state index contributed by atoms with van der Waals surface area (Å²) in [5, 5.41) is 3.56. The summed E-state index contributed by atoms with van der Waals surface area (Å²) in [4.78, 5) is 4.14. The van der Waals surface area contributed by atoms with Crippen LogP contribution in [0.15, 0.2) is 18.5 Å². The highest BCUT2D eigenvalue weighted by molar-refractivity contribution is 5.21. The van der Waals surface area contributed by atoms with Gasteiger partial charge in [0, 0.05) is 25.0 Å². The molecule has 2 heteroatoms. The fourth-order valence-electron chi connectivity index (χ4n) is 1.73. The van der Waals surface area contributed by atoms with Crippen LogP contribution >= 0.6 is 0 Å². The van der Waals surface area contributed by atoms with E-state index in [0.717, 1.165) is 6.54 Å². The highest BCUT2D eigenvalue weighted by Crippen LogP contribution is 2.44. The third-order valence-electron chi connectivity index (χ3n) is 3.20. The van der Waals surface area contributed by atoms with Crippen molar-refractivity contribution in [2.24, 2.45) is 5.41 Å². The summed E-state index contributed by atoms with van der Waals surface area (Å²) in [6, 6.07) is 2.76. The maximum Gasteiger partial charge on any atom is 0.0315 e. The van der Waals surface area contributed by atoms with Crippen molar-refractivity contribution in [1.82, 2.24) is 10.3 Å². The summed E-state index contributed by atoms with van der Waals surface area (Å²) in [5.41, 5.74) is 3.15. The van der Waals surface area contributed by atoms with Crippen LogP contribution in [0.1, 0.15) is 31.4 Å². The van der Waals surface area contributed by atoms with Gasteiger partial charge in [-0.25, -0.2) is 0 Å². The minimum absolute atomic E-state index is 0.510. The van der Waals surface area contributed by atoms with E-state index in [1.807, 2.05) is 12.4 Å². The van der Waals surface area contributed by atoms with Gasteiger partial charge in [0.15, 0.2) is 0 Å². The standard InChI is InChI=1S/C12H18N2/c1-9-4-5-13-7-10(9)8-14-11-6-12(11,2)3/h4-5,7,11,14H,6,8H2,1-3H3. The number of hydrogen-bond donors (Lipinski definition) is 1. The van der Waals surface area contributed by atoms with Crippen LogP contribution in [0.25, 0.3) is 0 Å². The molecule has 1 unspecified atom stereocenters. The molecule has 1 heterocycles. The summed E-state index contributed by atoms with van der Waals surface area (Å²) in [6.07, 6.45) is 5.10. The zero-order chi connectivity index (χ0) is 10.2. The molecule has 1 saturated carbocycles. The van der Waals surface area contributed by atoms with Crippen LogP contribution in [0, 0.1) is 12.3 Å². The zero-order valence-electron chi connectivity index (χ0n) is 9.17. The Bertz CT molecular complexity index is 331. The molecule has 1 aliphatic rings. The average Bonchev–Trinajstić information content (AvgIpc) is 2.73. The van der Waals surface area contributed by atoms with E-state index in [9.17, 15) is 0 Å². The van der Waals surface area contributed by atoms with Crippen molar-refractivity contribution in [3.8, 4) is 0 Å². The Balaban J connectivity index is 1.90. The molecule has 0 saturated heterocycles. The molecule has 1 aromatic rings. The largest absolute Gasteiger partial charge is 0.309 e. The molecule has 1 aliphatic carbocycles. The Morgan fingerprint density at radius 2 is 2.29 bits per heavy atom. The second-order valence-electron chi connectivity index (χ2n) is 4.93. The smallest absolute Gasteiger partial charge is 0.0315 e. The lowest BCUT2D eigenvalue weighted by atomic mass is 10.1. The molecule has 1 fully saturated rings. The van der Waals surface area contributed by atoms with Crippen molar-refractivity contribution < 1.29 is 0 Å². The summed E-state index contributed by atoms with van der Waals surface area (Å²) in [6.45, 7) is 7.70. The van der Waals surface area contributed by atoms with Crippen LogP contribution in [0.5, 0.6) is 0 Å². The first-order valence-corrected chi connectivity index (χ1v) is 5.22. The van der Waals surface area contributed by atoms with Crippen LogP contribution in [-0.2, 0) is 6.54 Å². The summed E-state index contributed by atoms with van der Waals surface area (Å²) >= 11 is 0. The van der Waals surface area contributed by atoms with E-state index in [4.69, 9.17) is 0 Å². The molecule has 0 aromatic carbocycles. The van der Waals surface area contributed by atoms with E-state index in [2.05, 4.69) is 37.1 Å². The molecule has 1 aromatic heterocycles. The fraction of sp³-hybridized carbons (Fsp3) is 0.583. The number of aryl methyl sites for hydroxylation is 1. The van der Waals surface area contributed by atoms with Gasteiger partial charge in [-0.1, -0.05) is 13.8 Å². The van der Waals surface area contributed by atoms with Gasteiger partial charge in [0.05, 0.1) is 0 Å². The number of nitrogens with zero attached hydrogens (tertiary/aromatic N) is 1. The molecule has 1 N–H and O–H groups in total. The van der Waals surface area contributed by atoms with Gasteiger partial charge >= 0.3 is 0 Å². The molecule has 2 rings (SSSR count). The number of aromatic nitrogens is 1. The van der Waals surface area contributed by atoms with E-state index >= 15 is 0 Å². The zero-order valence-corrected chi connectivity index (χ0v) is 9.17. The van der Waals surface area contributed by atoms with E-state index in [-0.39, 0.29) is 0 Å². The fourth-order valence-corrected chi connectivity index (χ4v) is 1.73. The summed E-state index contributed by atoms with van der Waals surface area (Å²) < 4.78 is 0. The predicted molar refractivity (Wildman–Crippen MR) is 58.0 cm³/mol. The highest BCUT2D eigenvalue weighted by atomic mass is 15.0. The van der Waals surface area contributed by atoms with E-state index in [0.29, 0.717) is 11.5 Å². The minimum atomic E-state index is 0.510. The molecule has 2 nitrogen and oxygen atoms in total. The van der Waals surface area contributed by atoms with E-state index < -0.39 is 0 Å². The molecule has 0 amide bonds. The number of rotatable bonds is 3. The average molecular weight is 190 g/mol. The van der Waals surface area contributed by atoms with E-state index in [1.54, 1.807) is 0 Å². The first-order chi connectivity index (χ1) is 6.59. The number of hydrogen-bond acceptors (Lipinski definition) is 2. The van der Waals surface area contributed by atoms with Crippen LogP contribution in [0.2, 0.25) is 0 Å². The monoisotopic (exact) mass is 190 g/mol. The third-order valence-corrected chi connectivity index (χ3v) is 3.20. The molecular formula is C12H18N2. The molecule has 0 radical (unpaired) electrons. The Kier molecular flexibility index (Phi) is 2.31. The molecule has 76 valence electrons. The Hall–Kier alpha value is -0.890. The van der Waals surface area contributed by atoms with Crippen LogP contribution in [0.3, 0.4) is 0 Å². The molecular weight excluding hydrogens is 172 g/mol. The number of nitrogens with one attached hydrogen (secondary N) is 1. The van der Waals surface area contributed by atoms with Crippen molar-refractivity contribution in [2.45, 2.75) is 39.8 Å². The van der Waals surface area contributed by atoms with Gasteiger partial charge in [0.25, 0.3) is 0 Å². The lowest BCUT2D eigenvalue weighted by Crippen LogP contribution is -2.20. The third kappa shape index (κ3) is 1.95. The minimum Gasteiger partial charge on any atom is -0.309 e. The summed E-state index contributed by atoms with van der Waals surface area (Å²) in [7, 11) is 0. The molecule has 0 aliphatic heterocycles. The van der Waals surface area contributed by atoms with Crippen molar-refractivity contribution in [3.05, 3.63) is 29.6 Å². The normalized spacial score (nSPS) is 23.5. The van der Waals surface area contributed by atoms with Gasteiger partial charge in [-0.3, -0.25) is 4.98 Å². The first-order valence-electron chi connectivity index (χ1n) is 5.22. The lowest BCUT2D eigenvalue weighted by molar-refractivity contribution is 0.541. The first kappa shape index (κ1) is 9.66. The van der Waals surface area contributed by atoms with Gasteiger partial charge in [-0.2, -0.15) is 0 Å². The SMILES string of the molecule is Cc1ccncc1CNC1CC1(C)C. The topological polar surface area (TPSA) is 24.9 Å². The van der Waals surface area contributed by atoms with Crippen LogP contribution in [0.4, 0.5) is 0 Å². The van der Waals surface area contributed by atoms with Crippen LogP contribution in [-0.4, -0.2) is 11.0 Å². The van der Waals surface area contributed by atoms with Crippen molar-refractivity contribution in [2.75, 3.05) is 0 Å². The number of pyridine rings is 1. The van der Waals surface area contributed by atoms with Crippen molar-refractivity contribution >= 4 is 0 Å². The highest BCUT2D eigenvalue weighted by Gasteiger charge is 2.44. The Morgan fingerprint density at radius 3 is 2.86 bits per heavy atom. The van der Waals surface area contributed by atoms with Crippen LogP contribution < -0.4 is 5.32 Å². The maximum absolute atomic E-state index is 4.14. The van der Waals surface area contributed by atoms with Gasteiger partial charge in [0.2, 0.25) is 0 Å². The molecule has 14 heavy (non-hydrogen) atoms. The quantitative estimate of drug-likeness (QED) is 0.791. The molecule has 0 bridgehead atoms. The predicted octanol–water partition coefficient (Wildman–Crippen LogP) is 2.28. The molecule has 1 atom stereocenters. The molecule has 0 spiro atoms. The van der Waals surface area contributed by atoms with Gasteiger partial charge < -0.3 is 5.32 Å². The Labute approximate surface area is 85.7 Å². The van der Waals surface area contributed by atoms with Crippen molar-refractivity contribution in [1.29, 1.82) is 0 Å². The Morgan fingerprint density at radius 1 is 1.57 bits per heavy atom. The lowest BCUT2D eigenvalue weighted by Gasteiger charge is -2.08. The van der Waals surface area contributed by atoms with Gasteiger partial charge in [-0.05, 0) is 36.0 Å². The maximum atomic E-state index is 4.14. The summed E-state index contributed by atoms with van der Waals surface area (Å²) in [5.74, 6) is 0. The van der Waals surface area contributed by atoms with Gasteiger partial charge in [0.1, 0.15) is 0 Å². The van der Waals surface area contributed by atoms with E-state index in [1.165, 1.54) is 17.5 Å². The van der Waals surface area contributed by atoms with Crippen molar-refractivity contribution in [3.63, 3.8) is 0 Å². The second-order valence-corrected chi connectivity index (χ2v) is 4.93. The second kappa shape index (κ2) is 3.35.